The molecular formula is C9H18N4O6S. The van der Waals surface area contributed by atoms with Crippen LogP contribution in [0, 0.1) is 0 Å². The van der Waals surface area contributed by atoms with E-state index in [0.717, 1.165) is 0 Å². The van der Waals surface area contributed by atoms with Crippen molar-refractivity contribution < 1.29 is 27.9 Å². The van der Waals surface area contributed by atoms with E-state index >= 15 is 0 Å². The summed E-state index contributed by atoms with van der Waals surface area (Å²) in [4.78, 5) is 32.7. The topological polar surface area (TPSA) is 168 Å². The van der Waals surface area contributed by atoms with Gasteiger partial charge < -0.3 is 21.5 Å². The van der Waals surface area contributed by atoms with Gasteiger partial charge in [-0.15, -0.1) is 0 Å². The molecule has 0 aliphatic rings. The zero-order chi connectivity index (χ0) is 15.8. The lowest BCUT2D eigenvalue weighted by molar-refractivity contribution is -0.140. The molecular weight excluding hydrogens is 292 g/mol. The Morgan fingerprint density at radius 1 is 1.30 bits per heavy atom. The van der Waals surface area contributed by atoms with Gasteiger partial charge in [0.25, 0.3) is 0 Å². The van der Waals surface area contributed by atoms with E-state index in [4.69, 9.17) is 10.8 Å². The monoisotopic (exact) mass is 310 g/mol. The van der Waals surface area contributed by atoms with Crippen molar-refractivity contribution in [3.05, 3.63) is 0 Å². The van der Waals surface area contributed by atoms with Crippen LogP contribution in [0.2, 0.25) is 0 Å². The first-order valence-electron chi connectivity index (χ1n) is 5.70. The van der Waals surface area contributed by atoms with Gasteiger partial charge in [0.05, 0.1) is 12.2 Å². The minimum Gasteiger partial charge on any atom is -0.480 e. The Hall–Kier alpha value is -1.88. The summed E-state index contributed by atoms with van der Waals surface area (Å²) < 4.78 is 24.7. The number of carbonyl (C=O) groups is 3. The van der Waals surface area contributed by atoms with Gasteiger partial charge in [0.15, 0.2) is 0 Å². The highest BCUT2D eigenvalue weighted by atomic mass is 32.2. The fourth-order valence-electron chi connectivity index (χ4n) is 1.20. The molecule has 0 bridgehead atoms. The third kappa shape index (κ3) is 8.26. The molecule has 0 saturated carbocycles. The molecule has 0 rings (SSSR count). The van der Waals surface area contributed by atoms with Crippen molar-refractivity contribution in [2.75, 3.05) is 18.8 Å². The number of carboxylic acid groups (broad SMARTS) is 1. The summed E-state index contributed by atoms with van der Waals surface area (Å²) in [6, 6.07) is -2.36. The summed E-state index contributed by atoms with van der Waals surface area (Å²) in [6.45, 7) is 1.64. The Kier molecular flexibility index (Phi) is 7.54. The zero-order valence-electron chi connectivity index (χ0n) is 10.9. The lowest BCUT2D eigenvalue weighted by atomic mass is 10.2. The largest absolute Gasteiger partial charge is 0.480 e. The number of nitrogens with two attached hydrogens (primary N) is 1. The van der Waals surface area contributed by atoms with Gasteiger partial charge in [-0.25, -0.2) is 22.7 Å². The molecule has 3 amide bonds. The molecule has 20 heavy (non-hydrogen) atoms. The van der Waals surface area contributed by atoms with Crippen LogP contribution in [-0.2, 0) is 19.6 Å². The Balaban J connectivity index is 4.21. The number of nitrogens with one attached hydrogen (secondary N) is 3. The zero-order valence-corrected chi connectivity index (χ0v) is 11.7. The molecule has 6 N–H and O–H groups in total. The number of urea groups is 1. The second-order valence-corrected chi connectivity index (χ2v) is 5.70. The van der Waals surface area contributed by atoms with Crippen molar-refractivity contribution in [2.45, 2.75) is 19.4 Å². The summed E-state index contributed by atoms with van der Waals surface area (Å²) in [5, 5.41) is 12.9. The van der Waals surface area contributed by atoms with Gasteiger partial charge in [-0.3, -0.25) is 4.79 Å². The highest BCUT2D eigenvalue weighted by molar-refractivity contribution is 7.89. The third-order valence-corrected chi connectivity index (χ3v) is 3.50. The maximum absolute atomic E-state index is 11.3. The van der Waals surface area contributed by atoms with Crippen molar-refractivity contribution in [3.63, 3.8) is 0 Å². The van der Waals surface area contributed by atoms with Crippen LogP contribution in [0.1, 0.15) is 13.3 Å². The molecule has 1 atom stereocenters. The minimum absolute atomic E-state index is 0.204. The number of hydrogen-bond acceptors (Lipinski definition) is 5. The van der Waals surface area contributed by atoms with Crippen LogP contribution in [-0.4, -0.2) is 56.3 Å². The standard InChI is InChI=1S/C9H18N4O6S/c1-2-12-20(18,19)4-3-11-9(17)13-6(8(15)16)5-7(10)14/h6,12H,2-5H2,1H3,(H2,10,14)(H,15,16)(H2,11,13,17)/t6-/m0/s1. The van der Waals surface area contributed by atoms with Gasteiger partial charge in [0, 0.05) is 13.1 Å². The number of rotatable bonds is 9. The Morgan fingerprint density at radius 2 is 1.90 bits per heavy atom. The van der Waals surface area contributed by atoms with Crippen LogP contribution in [0.3, 0.4) is 0 Å². The maximum Gasteiger partial charge on any atom is 0.326 e. The predicted octanol–water partition coefficient (Wildman–Crippen LogP) is -2.45. The van der Waals surface area contributed by atoms with Gasteiger partial charge in [-0.1, -0.05) is 6.92 Å². The first-order valence-corrected chi connectivity index (χ1v) is 7.36. The van der Waals surface area contributed by atoms with E-state index in [-0.39, 0.29) is 18.8 Å². The average Bonchev–Trinajstić information content (AvgIpc) is 2.26. The summed E-state index contributed by atoms with van der Waals surface area (Å²) in [7, 11) is -3.47. The van der Waals surface area contributed by atoms with Gasteiger partial charge in [0.2, 0.25) is 15.9 Å². The van der Waals surface area contributed by atoms with E-state index < -0.39 is 40.4 Å². The summed E-state index contributed by atoms with van der Waals surface area (Å²) >= 11 is 0. The molecule has 0 fully saturated rings. The Labute approximate surface area is 116 Å². The van der Waals surface area contributed by atoms with E-state index in [2.05, 4.69) is 10.0 Å². The van der Waals surface area contributed by atoms with Crippen LogP contribution in [0.5, 0.6) is 0 Å². The van der Waals surface area contributed by atoms with Crippen LogP contribution in [0.25, 0.3) is 0 Å². The molecule has 0 heterocycles. The second kappa shape index (κ2) is 8.32. The molecule has 11 heteroatoms. The van der Waals surface area contributed by atoms with Crippen molar-refractivity contribution in [1.82, 2.24) is 15.4 Å². The molecule has 0 radical (unpaired) electrons. The molecule has 0 aromatic rings. The first kappa shape index (κ1) is 18.1. The molecule has 116 valence electrons. The molecule has 0 unspecified atom stereocenters. The smallest absolute Gasteiger partial charge is 0.326 e. The molecule has 10 nitrogen and oxygen atoms in total. The molecule has 0 aliphatic carbocycles. The van der Waals surface area contributed by atoms with Gasteiger partial charge >= 0.3 is 12.0 Å². The minimum atomic E-state index is -3.47. The van der Waals surface area contributed by atoms with Crippen LogP contribution in [0.15, 0.2) is 0 Å². The first-order chi connectivity index (χ1) is 9.18. The van der Waals surface area contributed by atoms with Crippen LogP contribution < -0.4 is 21.1 Å². The third-order valence-electron chi connectivity index (χ3n) is 2.03. The highest BCUT2D eigenvalue weighted by Gasteiger charge is 2.22. The SMILES string of the molecule is CCNS(=O)(=O)CCNC(=O)N[C@@H](CC(N)=O)C(=O)O. The molecule has 0 aliphatic heterocycles. The lowest BCUT2D eigenvalue weighted by Gasteiger charge is -2.13. The van der Waals surface area contributed by atoms with Crippen molar-refractivity contribution in [2.24, 2.45) is 5.73 Å². The van der Waals surface area contributed by atoms with E-state index in [0.29, 0.717) is 0 Å². The normalized spacial score (nSPS) is 12.4. The molecule has 0 saturated heterocycles. The van der Waals surface area contributed by atoms with E-state index in [1.54, 1.807) is 6.92 Å². The predicted molar refractivity (Wildman–Crippen MR) is 69.2 cm³/mol. The Morgan fingerprint density at radius 3 is 2.35 bits per heavy atom. The number of amides is 3. The quantitative estimate of drug-likeness (QED) is 0.317. The van der Waals surface area contributed by atoms with Crippen molar-refractivity contribution in [3.8, 4) is 0 Å². The molecule has 0 spiro atoms. The number of carbonyl (C=O) groups excluding carboxylic acids is 2. The molecule has 0 aromatic heterocycles. The van der Waals surface area contributed by atoms with E-state index in [1.807, 2.05) is 5.32 Å². The van der Waals surface area contributed by atoms with Crippen LogP contribution in [0.4, 0.5) is 4.79 Å². The average molecular weight is 310 g/mol. The van der Waals surface area contributed by atoms with E-state index in [1.165, 1.54) is 0 Å². The summed E-state index contributed by atoms with van der Waals surface area (Å²) in [5.74, 6) is -2.64. The Bertz CT molecular complexity index is 463. The summed E-state index contributed by atoms with van der Waals surface area (Å²) in [5.41, 5.74) is 4.84. The lowest BCUT2D eigenvalue weighted by Crippen LogP contribution is -2.48. The number of carboxylic acids is 1. The van der Waals surface area contributed by atoms with Crippen molar-refractivity contribution in [1.29, 1.82) is 0 Å². The van der Waals surface area contributed by atoms with Crippen molar-refractivity contribution >= 4 is 27.9 Å². The van der Waals surface area contributed by atoms with E-state index in [9.17, 15) is 22.8 Å². The summed E-state index contributed by atoms with van der Waals surface area (Å²) in [6.07, 6.45) is -0.557. The van der Waals surface area contributed by atoms with Crippen LogP contribution >= 0.6 is 0 Å². The highest BCUT2D eigenvalue weighted by Crippen LogP contribution is 1.91. The molecule has 0 aromatic carbocycles. The fraction of sp³-hybridized carbons (Fsp3) is 0.667. The second-order valence-electron chi connectivity index (χ2n) is 3.78. The number of aliphatic carboxylic acids is 1. The van der Waals surface area contributed by atoms with Gasteiger partial charge in [0.1, 0.15) is 6.04 Å². The fourth-order valence-corrected chi connectivity index (χ4v) is 2.16. The number of sulfonamides is 1. The van der Waals surface area contributed by atoms with Gasteiger partial charge in [-0.05, 0) is 0 Å². The van der Waals surface area contributed by atoms with Gasteiger partial charge in [-0.2, -0.15) is 0 Å². The number of primary amides is 1. The number of hydrogen-bond donors (Lipinski definition) is 5. The maximum atomic E-state index is 11.3.